The van der Waals surface area contributed by atoms with Crippen LogP contribution >= 0.6 is 23.2 Å². The van der Waals surface area contributed by atoms with Crippen LogP contribution in [0.4, 0.5) is 0 Å². The third-order valence-corrected chi connectivity index (χ3v) is 3.77. The van der Waals surface area contributed by atoms with Crippen LogP contribution in [-0.4, -0.2) is 21.6 Å². The number of carbonyl (C=O) groups excluding carboxylic acids is 1. The van der Waals surface area contributed by atoms with Crippen molar-refractivity contribution in [1.29, 1.82) is 0 Å². The highest BCUT2D eigenvalue weighted by atomic mass is 35.5. The lowest BCUT2D eigenvalue weighted by Crippen LogP contribution is -2.28. The van der Waals surface area contributed by atoms with E-state index in [1.165, 1.54) is 10.9 Å². The zero-order valence-corrected chi connectivity index (χ0v) is 13.2. The van der Waals surface area contributed by atoms with Gasteiger partial charge >= 0.3 is 0 Å². The maximum atomic E-state index is 12.5. The third-order valence-electron chi connectivity index (χ3n) is 3.24. The average Bonchev–Trinajstić information content (AvgIpc) is 2.93. The Hall–Kier alpha value is -2.04. The Morgan fingerprint density at radius 2 is 2.00 bits per heavy atom. The summed E-state index contributed by atoms with van der Waals surface area (Å²) >= 11 is 11.9. The molecule has 6 heteroatoms. The van der Waals surface area contributed by atoms with Gasteiger partial charge in [-0.05, 0) is 37.3 Å². The number of benzene rings is 2. The molecule has 2 aromatic carbocycles. The van der Waals surface area contributed by atoms with Crippen molar-refractivity contribution < 1.29 is 9.53 Å². The fraction of sp³-hybridized carbons (Fsp3) is 0.125. The van der Waals surface area contributed by atoms with Crippen LogP contribution in [-0.2, 0) is 0 Å². The number of carbonyl (C=O) groups is 1. The Bertz CT molecular complexity index is 845. The molecule has 0 saturated heterocycles. The van der Waals surface area contributed by atoms with E-state index in [2.05, 4.69) is 4.98 Å². The minimum absolute atomic E-state index is 0.222. The van der Waals surface area contributed by atoms with Crippen molar-refractivity contribution in [3.8, 4) is 5.75 Å². The Morgan fingerprint density at radius 1 is 1.23 bits per heavy atom. The van der Waals surface area contributed by atoms with Gasteiger partial charge in [0.1, 0.15) is 12.1 Å². The summed E-state index contributed by atoms with van der Waals surface area (Å²) in [6.07, 6.45) is 0.785. The maximum absolute atomic E-state index is 12.5. The van der Waals surface area contributed by atoms with Gasteiger partial charge in [-0.25, -0.2) is 4.98 Å². The van der Waals surface area contributed by atoms with Crippen molar-refractivity contribution in [2.45, 2.75) is 13.0 Å². The number of hydrogen-bond acceptors (Lipinski definition) is 3. The van der Waals surface area contributed by atoms with E-state index in [9.17, 15) is 4.79 Å². The van der Waals surface area contributed by atoms with E-state index in [0.717, 1.165) is 11.0 Å². The number of imidazole rings is 1. The first-order chi connectivity index (χ1) is 10.6. The fourth-order valence-electron chi connectivity index (χ4n) is 2.14. The molecule has 112 valence electrons. The third kappa shape index (κ3) is 2.80. The van der Waals surface area contributed by atoms with Crippen molar-refractivity contribution in [3.05, 3.63) is 58.8 Å². The molecule has 3 aromatic rings. The van der Waals surface area contributed by atoms with Crippen LogP contribution in [0.1, 0.15) is 11.7 Å². The van der Waals surface area contributed by atoms with Gasteiger partial charge in [-0.2, -0.15) is 0 Å². The number of ether oxygens (including phenoxy) is 1. The molecule has 1 aromatic heterocycles. The number of para-hydroxylation sites is 2. The monoisotopic (exact) mass is 334 g/mol. The van der Waals surface area contributed by atoms with E-state index >= 15 is 0 Å². The number of nitrogens with zero attached hydrogens (tertiary/aromatic N) is 2. The zero-order chi connectivity index (χ0) is 15.7. The summed E-state index contributed by atoms with van der Waals surface area (Å²) in [4.78, 5) is 16.7. The molecule has 0 radical (unpaired) electrons. The Kier molecular flexibility index (Phi) is 4.05. The Balaban J connectivity index is 1.85. The average molecular weight is 335 g/mol. The first-order valence-corrected chi connectivity index (χ1v) is 7.40. The van der Waals surface area contributed by atoms with Gasteiger partial charge in [-0.1, -0.05) is 35.3 Å². The van der Waals surface area contributed by atoms with Crippen molar-refractivity contribution in [1.82, 2.24) is 9.55 Å². The molecule has 0 N–H and O–H groups in total. The molecule has 0 amide bonds. The molecule has 1 atom stereocenters. The van der Waals surface area contributed by atoms with Gasteiger partial charge in [0.15, 0.2) is 6.10 Å². The summed E-state index contributed by atoms with van der Waals surface area (Å²) in [7, 11) is 0. The number of halogens is 2. The second-order valence-corrected chi connectivity index (χ2v) is 5.62. The normalized spacial score (nSPS) is 12.3. The van der Waals surface area contributed by atoms with Crippen LogP contribution in [0.5, 0.6) is 5.75 Å². The lowest BCUT2D eigenvalue weighted by atomic mass is 10.3. The van der Waals surface area contributed by atoms with E-state index in [0.29, 0.717) is 15.8 Å². The van der Waals surface area contributed by atoms with E-state index in [1.807, 2.05) is 24.3 Å². The lowest BCUT2D eigenvalue weighted by molar-refractivity contribution is 0.0733. The molecule has 22 heavy (non-hydrogen) atoms. The van der Waals surface area contributed by atoms with Crippen molar-refractivity contribution >= 4 is 40.1 Å². The summed E-state index contributed by atoms with van der Waals surface area (Å²) in [5.74, 6) is 0.191. The largest absolute Gasteiger partial charge is 0.479 e. The molecule has 0 spiro atoms. The molecular formula is C16H12Cl2N2O2. The van der Waals surface area contributed by atoms with E-state index in [1.54, 1.807) is 25.1 Å². The highest BCUT2D eigenvalue weighted by Gasteiger charge is 2.20. The fourth-order valence-corrected chi connectivity index (χ4v) is 2.60. The molecule has 0 aliphatic carbocycles. The summed E-state index contributed by atoms with van der Waals surface area (Å²) in [5, 5.41) is 0.875. The SMILES string of the molecule is CC(Oc1ccc(Cl)cc1Cl)C(=O)n1cnc2ccccc21. The predicted molar refractivity (Wildman–Crippen MR) is 86.9 cm³/mol. The molecule has 0 aliphatic rings. The summed E-state index contributed by atoms with van der Waals surface area (Å²) in [5.41, 5.74) is 1.50. The Morgan fingerprint density at radius 3 is 2.77 bits per heavy atom. The van der Waals surface area contributed by atoms with Crippen molar-refractivity contribution in [2.24, 2.45) is 0 Å². The number of rotatable bonds is 3. The first kappa shape index (κ1) is 14.9. The van der Waals surface area contributed by atoms with E-state index in [-0.39, 0.29) is 5.91 Å². The molecule has 4 nitrogen and oxygen atoms in total. The van der Waals surface area contributed by atoms with Gasteiger partial charge < -0.3 is 4.74 Å². The molecule has 1 unspecified atom stereocenters. The zero-order valence-electron chi connectivity index (χ0n) is 11.7. The molecule has 0 aliphatic heterocycles. The van der Waals surface area contributed by atoms with Crippen LogP contribution in [0.3, 0.4) is 0 Å². The van der Waals surface area contributed by atoms with Gasteiger partial charge in [0, 0.05) is 5.02 Å². The molecular weight excluding hydrogens is 323 g/mol. The highest BCUT2D eigenvalue weighted by Crippen LogP contribution is 2.28. The molecule has 0 bridgehead atoms. The minimum Gasteiger partial charge on any atom is -0.479 e. The Labute approximate surface area is 137 Å². The van der Waals surface area contributed by atoms with Crippen molar-refractivity contribution in [3.63, 3.8) is 0 Å². The summed E-state index contributed by atoms with van der Waals surface area (Å²) < 4.78 is 7.12. The van der Waals surface area contributed by atoms with Gasteiger partial charge in [-0.15, -0.1) is 0 Å². The molecule has 1 heterocycles. The number of fused-ring (bicyclic) bond motifs is 1. The summed E-state index contributed by atoms with van der Waals surface area (Å²) in [6, 6.07) is 12.3. The van der Waals surface area contributed by atoms with Crippen LogP contribution in [0.15, 0.2) is 48.8 Å². The standard InChI is InChI=1S/C16H12Cl2N2O2/c1-10(22-15-7-6-11(17)8-12(15)18)16(21)20-9-19-13-4-2-3-5-14(13)20/h2-10H,1H3. The van der Waals surface area contributed by atoms with Crippen LogP contribution < -0.4 is 4.74 Å². The predicted octanol–water partition coefficient (Wildman–Crippen LogP) is 4.45. The highest BCUT2D eigenvalue weighted by molar-refractivity contribution is 6.35. The number of hydrogen-bond donors (Lipinski definition) is 0. The van der Waals surface area contributed by atoms with Gasteiger partial charge in [-0.3, -0.25) is 9.36 Å². The van der Waals surface area contributed by atoms with Crippen LogP contribution in [0, 0.1) is 0 Å². The summed E-state index contributed by atoms with van der Waals surface area (Å²) in [6.45, 7) is 1.67. The quantitative estimate of drug-likeness (QED) is 0.710. The van der Waals surface area contributed by atoms with E-state index in [4.69, 9.17) is 27.9 Å². The van der Waals surface area contributed by atoms with Crippen LogP contribution in [0.2, 0.25) is 10.0 Å². The first-order valence-electron chi connectivity index (χ1n) is 6.64. The second-order valence-electron chi connectivity index (χ2n) is 4.78. The second kappa shape index (κ2) is 5.99. The van der Waals surface area contributed by atoms with E-state index < -0.39 is 6.10 Å². The molecule has 3 rings (SSSR count). The van der Waals surface area contributed by atoms with Crippen LogP contribution in [0.25, 0.3) is 11.0 Å². The maximum Gasteiger partial charge on any atom is 0.273 e. The number of aromatic nitrogens is 2. The topological polar surface area (TPSA) is 44.1 Å². The van der Waals surface area contributed by atoms with Gasteiger partial charge in [0.2, 0.25) is 0 Å². The van der Waals surface area contributed by atoms with Gasteiger partial charge in [0.05, 0.1) is 16.1 Å². The molecule has 0 fully saturated rings. The minimum atomic E-state index is -0.712. The molecule has 0 saturated carbocycles. The lowest BCUT2D eigenvalue weighted by Gasteiger charge is -2.15. The van der Waals surface area contributed by atoms with Gasteiger partial charge in [0.25, 0.3) is 5.91 Å². The van der Waals surface area contributed by atoms with Crippen molar-refractivity contribution in [2.75, 3.05) is 0 Å². The smallest absolute Gasteiger partial charge is 0.273 e.